The van der Waals surface area contributed by atoms with Gasteiger partial charge in [0.15, 0.2) is 11.6 Å². The molecule has 1 fully saturated rings. The van der Waals surface area contributed by atoms with Crippen LogP contribution in [-0.2, 0) is 9.59 Å². The topological polar surface area (TPSA) is 72.6 Å². The van der Waals surface area contributed by atoms with Crippen molar-refractivity contribution in [1.82, 2.24) is 4.90 Å². The fraction of sp³-hybridized carbons (Fsp3) is 0.412. The quantitative estimate of drug-likeness (QED) is 0.843. The molecule has 1 aromatic rings. The van der Waals surface area contributed by atoms with Gasteiger partial charge in [-0.2, -0.15) is 0 Å². The maximum Gasteiger partial charge on any atom is 0.246 e. The molecule has 0 saturated carbocycles. The van der Waals surface area contributed by atoms with Crippen LogP contribution >= 0.6 is 0 Å². The number of amides is 2. The van der Waals surface area contributed by atoms with Crippen molar-refractivity contribution in [3.05, 3.63) is 35.7 Å². The normalized spacial score (nSPS) is 15.8. The van der Waals surface area contributed by atoms with Gasteiger partial charge in [0.1, 0.15) is 0 Å². The predicted molar refractivity (Wildman–Crippen MR) is 85.1 cm³/mol. The Labute approximate surface area is 134 Å². The number of carbonyl (C=O) groups is 2. The zero-order valence-corrected chi connectivity index (χ0v) is 13.1. The van der Waals surface area contributed by atoms with Crippen LogP contribution in [0.5, 0.6) is 5.75 Å². The van der Waals surface area contributed by atoms with Crippen LogP contribution in [0.3, 0.4) is 0 Å². The molecule has 1 heterocycles. The van der Waals surface area contributed by atoms with Crippen molar-refractivity contribution >= 4 is 17.9 Å². The van der Waals surface area contributed by atoms with Gasteiger partial charge < -0.3 is 15.4 Å². The second-order valence-electron chi connectivity index (χ2n) is 5.67. The highest BCUT2D eigenvalue weighted by atomic mass is 19.1. The van der Waals surface area contributed by atoms with Gasteiger partial charge in [-0.1, -0.05) is 6.07 Å². The van der Waals surface area contributed by atoms with E-state index in [0.717, 1.165) is 12.8 Å². The molecule has 0 aliphatic carbocycles. The number of primary amides is 1. The Bertz CT molecular complexity index is 608. The van der Waals surface area contributed by atoms with E-state index in [1.54, 1.807) is 17.0 Å². The second kappa shape index (κ2) is 7.76. The van der Waals surface area contributed by atoms with Gasteiger partial charge in [-0.25, -0.2) is 4.39 Å². The third-order valence-electron chi connectivity index (χ3n) is 4.01. The molecule has 2 rings (SSSR count). The molecular formula is C17H21FN2O3. The largest absolute Gasteiger partial charge is 0.494 e. The number of halogens is 1. The van der Waals surface area contributed by atoms with Crippen molar-refractivity contribution in [1.29, 1.82) is 0 Å². The summed E-state index contributed by atoms with van der Waals surface area (Å²) in [5.74, 6) is -0.439. The first kappa shape index (κ1) is 17.0. The molecule has 23 heavy (non-hydrogen) atoms. The Balaban J connectivity index is 1.89. The molecular weight excluding hydrogens is 299 g/mol. The zero-order valence-electron chi connectivity index (χ0n) is 13.1. The minimum absolute atomic E-state index is 0.112. The first-order valence-corrected chi connectivity index (χ1v) is 7.58. The lowest BCUT2D eigenvalue weighted by atomic mass is 9.93. The van der Waals surface area contributed by atoms with Crippen LogP contribution < -0.4 is 10.5 Å². The average Bonchev–Trinajstić information content (AvgIpc) is 2.53. The summed E-state index contributed by atoms with van der Waals surface area (Å²) in [4.78, 5) is 24.8. The molecule has 0 spiro atoms. The van der Waals surface area contributed by atoms with Crippen molar-refractivity contribution in [2.75, 3.05) is 20.2 Å². The summed E-state index contributed by atoms with van der Waals surface area (Å²) < 4.78 is 18.4. The molecule has 1 aliphatic heterocycles. The predicted octanol–water partition coefficient (Wildman–Crippen LogP) is 1.96. The highest BCUT2D eigenvalue weighted by molar-refractivity contribution is 5.91. The van der Waals surface area contributed by atoms with Gasteiger partial charge in [-0.15, -0.1) is 0 Å². The van der Waals surface area contributed by atoms with E-state index in [1.165, 1.54) is 25.3 Å². The van der Waals surface area contributed by atoms with Gasteiger partial charge in [-0.3, -0.25) is 9.59 Å². The van der Waals surface area contributed by atoms with Crippen molar-refractivity contribution in [3.63, 3.8) is 0 Å². The van der Waals surface area contributed by atoms with Crippen LogP contribution in [0, 0.1) is 11.7 Å². The monoisotopic (exact) mass is 320 g/mol. The van der Waals surface area contributed by atoms with Gasteiger partial charge in [0, 0.05) is 25.6 Å². The van der Waals surface area contributed by atoms with E-state index in [9.17, 15) is 14.0 Å². The number of rotatable bonds is 5. The Morgan fingerprint density at radius 1 is 1.39 bits per heavy atom. The van der Waals surface area contributed by atoms with E-state index < -0.39 is 5.82 Å². The summed E-state index contributed by atoms with van der Waals surface area (Å²) in [5, 5.41) is 0. The number of likely N-dealkylation sites (tertiary alicyclic amines) is 1. The maximum absolute atomic E-state index is 13.6. The lowest BCUT2D eigenvalue weighted by Gasteiger charge is -2.30. The highest BCUT2D eigenvalue weighted by Crippen LogP contribution is 2.21. The number of ether oxygens (including phenoxy) is 1. The third kappa shape index (κ3) is 4.81. The standard InChI is InChI=1S/C17H21FN2O3/c1-23-15-4-2-12(10-14(15)18)3-5-17(22)20-8-6-13(7-9-20)11-16(19)21/h2-5,10,13H,6-9,11H2,1H3,(H2,19,21). The molecule has 2 amide bonds. The van der Waals surface area contributed by atoms with Crippen molar-refractivity contribution in [2.45, 2.75) is 19.3 Å². The van der Waals surface area contributed by atoms with E-state index in [4.69, 9.17) is 10.5 Å². The highest BCUT2D eigenvalue weighted by Gasteiger charge is 2.22. The fourth-order valence-corrected chi connectivity index (χ4v) is 2.70. The number of nitrogens with two attached hydrogens (primary N) is 1. The number of carbonyl (C=O) groups excluding carboxylic acids is 2. The third-order valence-corrected chi connectivity index (χ3v) is 4.01. The SMILES string of the molecule is COc1ccc(C=CC(=O)N2CCC(CC(N)=O)CC2)cc1F. The fourth-order valence-electron chi connectivity index (χ4n) is 2.70. The van der Waals surface area contributed by atoms with Crippen LogP contribution in [0.2, 0.25) is 0 Å². The number of benzene rings is 1. The molecule has 5 nitrogen and oxygen atoms in total. The molecule has 1 aromatic carbocycles. The Hall–Kier alpha value is -2.37. The van der Waals surface area contributed by atoms with Gasteiger partial charge in [-0.05, 0) is 42.5 Å². The van der Waals surface area contributed by atoms with E-state index in [1.807, 2.05) is 0 Å². The van der Waals surface area contributed by atoms with E-state index >= 15 is 0 Å². The molecule has 124 valence electrons. The summed E-state index contributed by atoms with van der Waals surface area (Å²) in [6.45, 7) is 1.22. The molecule has 1 saturated heterocycles. The zero-order chi connectivity index (χ0) is 16.8. The van der Waals surface area contributed by atoms with Gasteiger partial charge in [0.05, 0.1) is 7.11 Å². The summed E-state index contributed by atoms with van der Waals surface area (Å²) in [5.41, 5.74) is 5.79. The maximum atomic E-state index is 13.6. The average molecular weight is 320 g/mol. The van der Waals surface area contributed by atoms with E-state index in [-0.39, 0.29) is 23.5 Å². The number of nitrogens with zero attached hydrogens (tertiary/aromatic N) is 1. The molecule has 6 heteroatoms. The van der Waals surface area contributed by atoms with E-state index in [0.29, 0.717) is 25.1 Å². The molecule has 0 atom stereocenters. The number of hydrogen-bond acceptors (Lipinski definition) is 3. The smallest absolute Gasteiger partial charge is 0.246 e. The molecule has 2 N–H and O–H groups in total. The summed E-state index contributed by atoms with van der Waals surface area (Å²) >= 11 is 0. The van der Waals surface area contributed by atoms with Crippen LogP contribution in [-0.4, -0.2) is 36.9 Å². The van der Waals surface area contributed by atoms with Gasteiger partial charge >= 0.3 is 0 Å². The van der Waals surface area contributed by atoms with Crippen LogP contribution in [0.4, 0.5) is 4.39 Å². The molecule has 1 aliphatic rings. The van der Waals surface area contributed by atoms with Crippen molar-refractivity contribution in [3.8, 4) is 5.75 Å². The van der Waals surface area contributed by atoms with Crippen LogP contribution in [0.1, 0.15) is 24.8 Å². The second-order valence-corrected chi connectivity index (χ2v) is 5.67. The first-order chi connectivity index (χ1) is 11.0. The van der Waals surface area contributed by atoms with E-state index in [2.05, 4.69) is 0 Å². The minimum atomic E-state index is -0.464. The van der Waals surface area contributed by atoms with Crippen LogP contribution in [0.25, 0.3) is 6.08 Å². The molecule has 0 bridgehead atoms. The number of piperidine rings is 1. The minimum Gasteiger partial charge on any atom is -0.494 e. The summed E-state index contributed by atoms with van der Waals surface area (Å²) in [7, 11) is 1.40. The molecule has 0 unspecified atom stereocenters. The summed E-state index contributed by atoms with van der Waals surface area (Å²) in [6, 6.07) is 4.53. The summed E-state index contributed by atoms with van der Waals surface area (Å²) in [6.07, 6.45) is 4.96. The van der Waals surface area contributed by atoms with Crippen LogP contribution in [0.15, 0.2) is 24.3 Å². The number of hydrogen-bond donors (Lipinski definition) is 1. The Kier molecular flexibility index (Phi) is 5.73. The lowest BCUT2D eigenvalue weighted by Crippen LogP contribution is -2.38. The number of methoxy groups -OCH3 is 1. The molecule has 0 aromatic heterocycles. The Morgan fingerprint density at radius 3 is 2.65 bits per heavy atom. The van der Waals surface area contributed by atoms with Crippen molar-refractivity contribution in [2.24, 2.45) is 11.7 Å². The molecule has 0 radical (unpaired) electrons. The Morgan fingerprint density at radius 2 is 2.09 bits per heavy atom. The van der Waals surface area contributed by atoms with Crippen molar-refractivity contribution < 1.29 is 18.7 Å². The van der Waals surface area contributed by atoms with Gasteiger partial charge in [0.2, 0.25) is 11.8 Å². The van der Waals surface area contributed by atoms with Gasteiger partial charge in [0.25, 0.3) is 0 Å². The lowest BCUT2D eigenvalue weighted by molar-refractivity contribution is -0.127. The first-order valence-electron chi connectivity index (χ1n) is 7.58.